The lowest BCUT2D eigenvalue weighted by Crippen LogP contribution is -2.50. The Bertz CT molecular complexity index is 707. The lowest BCUT2D eigenvalue weighted by Gasteiger charge is -2.34. The molecule has 3 aliphatic heterocycles. The zero-order chi connectivity index (χ0) is 20.4. The van der Waals surface area contributed by atoms with Crippen LogP contribution < -0.4 is 5.32 Å². The first-order valence-electron chi connectivity index (χ1n) is 10.5. The van der Waals surface area contributed by atoms with Crippen LogP contribution in [-0.4, -0.2) is 112 Å². The van der Waals surface area contributed by atoms with E-state index in [4.69, 9.17) is 0 Å². The first-order valence-corrected chi connectivity index (χ1v) is 11.3. The summed E-state index contributed by atoms with van der Waals surface area (Å²) in [5, 5.41) is 9.20. The number of carbonyl (C=O) groups excluding carboxylic acids is 2. The van der Waals surface area contributed by atoms with Gasteiger partial charge in [-0.25, -0.2) is 0 Å². The molecule has 4 heterocycles. The van der Waals surface area contributed by atoms with Gasteiger partial charge in [0.25, 0.3) is 0 Å². The normalized spacial score (nSPS) is 29.5. The molecule has 10 heteroatoms. The van der Waals surface area contributed by atoms with Crippen LogP contribution in [0.3, 0.4) is 0 Å². The van der Waals surface area contributed by atoms with Crippen molar-refractivity contribution in [3.05, 3.63) is 11.1 Å². The van der Waals surface area contributed by atoms with E-state index < -0.39 is 0 Å². The number of nitrogens with zero attached hydrogens (tertiary/aromatic N) is 6. The van der Waals surface area contributed by atoms with Crippen LogP contribution in [0.5, 0.6) is 0 Å². The molecule has 3 fully saturated rings. The molecule has 0 aromatic carbocycles. The molecule has 29 heavy (non-hydrogen) atoms. The Kier molecular flexibility index (Phi) is 6.43. The van der Waals surface area contributed by atoms with Crippen LogP contribution in [0.25, 0.3) is 0 Å². The molecular formula is C19H31N7O2S. The fraction of sp³-hybridized carbons (Fsp3) is 0.789. The predicted molar refractivity (Wildman–Crippen MR) is 110 cm³/mol. The Morgan fingerprint density at radius 2 is 2.03 bits per heavy atom. The molecule has 160 valence electrons. The van der Waals surface area contributed by atoms with Crippen LogP contribution in [0, 0.1) is 0 Å². The zero-order valence-electron chi connectivity index (χ0n) is 17.3. The second-order valence-corrected chi connectivity index (χ2v) is 9.06. The highest BCUT2D eigenvalue weighted by molar-refractivity contribution is 7.03. The van der Waals surface area contributed by atoms with Gasteiger partial charge in [0.1, 0.15) is 6.04 Å². The third-order valence-corrected chi connectivity index (χ3v) is 7.22. The van der Waals surface area contributed by atoms with Crippen LogP contribution in [0.15, 0.2) is 5.38 Å². The summed E-state index contributed by atoms with van der Waals surface area (Å²) in [6.07, 6.45) is 2.27. The fourth-order valence-electron chi connectivity index (χ4n) is 4.79. The number of piperazine rings is 1. The Hall–Kier alpha value is -1.62. The summed E-state index contributed by atoms with van der Waals surface area (Å²) in [5.41, 5.74) is 0.921. The standard InChI is InChI=1S/C19H31N7O2S/c1-23-7-9-25(10-8-23)17(27)4-3-15-11-20-19(28)18-16(24(15)2)5-6-26(18)12-14-13-29-22-21-14/h13,15-16,18H,3-12H2,1-2H3,(H,20,28)/t15-,16+,18-/m0/s1. The van der Waals surface area contributed by atoms with E-state index in [1.54, 1.807) is 0 Å². The van der Waals surface area contributed by atoms with E-state index in [-0.39, 0.29) is 29.9 Å². The van der Waals surface area contributed by atoms with E-state index in [1.807, 2.05) is 10.3 Å². The highest BCUT2D eigenvalue weighted by Crippen LogP contribution is 2.28. The van der Waals surface area contributed by atoms with Gasteiger partial charge in [-0.05, 0) is 38.5 Å². The smallest absolute Gasteiger partial charge is 0.239 e. The third kappa shape index (κ3) is 4.60. The van der Waals surface area contributed by atoms with E-state index in [9.17, 15) is 9.59 Å². The molecule has 0 bridgehead atoms. The van der Waals surface area contributed by atoms with Crippen LogP contribution in [0.2, 0.25) is 0 Å². The molecule has 1 N–H and O–H groups in total. The van der Waals surface area contributed by atoms with Crippen molar-refractivity contribution >= 4 is 23.3 Å². The molecule has 0 unspecified atom stereocenters. The molecule has 3 aliphatic rings. The van der Waals surface area contributed by atoms with Crippen LogP contribution >= 0.6 is 11.5 Å². The van der Waals surface area contributed by atoms with Crippen molar-refractivity contribution in [2.75, 3.05) is 53.4 Å². The molecule has 1 aromatic heterocycles. The minimum atomic E-state index is -0.167. The lowest BCUT2D eigenvalue weighted by molar-refractivity contribution is -0.133. The van der Waals surface area contributed by atoms with E-state index in [0.29, 0.717) is 19.5 Å². The van der Waals surface area contributed by atoms with Crippen molar-refractivity contribution in [3.8, 4) is 0 Å². The number of hydrogen-bond donors (Lipinski definition) is 1. The summed E-state index contributed by atoms with van der Waals surface area (Å²) in [4.78, 5) is 34.3. The number of carbonyl (C=O) groups is 2. The molecule has 4 rings (SSSR count). The molecule has 0 radical (unpaired) electrons. The second kappa shape index (κ2) is 9.03. The summed E-state index contributed by atoms with van der Waals surface area (Å²) < 4.78 is 3.93. The van der Waals surface area contributed by atoms with Gasteiger partial charge in [0.2, 0.25) is 11.8 Å². The number of likely N-dealkylation sites (tertiary alicyclic amines) is 1. The summed E-state index contributed by atoms with van der Waals surface area (Å²) in [5.74, 6) is 0.332. The van der Waals surface area contributed by atoms with Crippen molar-refractivity contribution in [1.29, 1.82) is 0 Å². The first kappa shape index (κ1) is 20.6. The quantitative estimate of drug-likeness (QED) is 0.684. The minimum absolute atomic E-state index is 0.0930. The number of nitrogens with one attached hydrogen (secondary N) is 1. The van der Waals surface area contributed by atoms with Crippen molar-refractivity contribution < 1.29 is 9.59 Å². The van der Waals surface area contributed by atoms with Gasteiger partial charge in [-0.1, -0.05) is 4.49 Å². The average Bonchev–Trinajstić information content (AvgIpc) is 3.35. The zero-order valence-corrected chi connectivity index (χ0v) is 18.1. The number of amides is 2. The minimum Gasteiger partial charge on any atom is -0.353 e. The largest absolute Gasteiger partial charge is 0.353 e. The summed E-state index contributed by atoms with van der Waals surface area (Å²) >= 11 is 1.34. The van der Waals surface area contributed by atoms with Crippen molar-refractivity contribution in [2.24, 2.45) is 0 Å². The number of rotatable bonds is 5. The Balaban J connectivity index is 1.35. The topological polar surface area (TPSA) is 84.9 Å². The van der Waals surface area contributed by atoms with Crippen molar-refractivity contribution in [3.63, 3.8) is 0 Å². The van der Waals surface area contributed by atoms with Crippen molar-refractivity contribution in [1.82, 2.24) is 34.5 Å². The van der Waals surface area contributed by atoms with Gasteiger partial charge in [-0.15, -0.1) is 5.10 Å². The average molecular weight is 422 g/mol. The maximum absolute atomic E-state index is 12.8. The van der Waals surface area contributed by atoms with Crippen LogP contribution in [-0.2, 0) is 16.1 Å². The second-order valence-electron chi connectivity index (χ2n) is 8.45. The van der Waals surface area contributed by atoms with Gasteiger partial charge in [-0.3, -0.25) is 19.4 Å². The van der Waals surface area contributed by atoms with Gasteiger partial charge < -0.3 is 15.1 Å². The Morgan fingerprint density at radius 3 is 2.76 bits per heavy atom. The predicted octanol–water partition coefficient (Wildman–Crippen LogP) is -0.535. The lowest BCUT2D eigenvalue weighted by atomic mass is 10.0. The highest BCUT2D eigenvalue weighted by atomic mass is 32.1. The number of aromatic nitrogens is 2. The molecule has 3 saturated heterocycles. The van der Waals surface area contributed by atoms with Gasteiger partial charge >= 0.3 is 0 Å². The van der Waals surface area contributed by atoms with Gasteiger partial charge in [0.05, 0.1) is 5.69 Å². The maximum Gasteiger partial charge on any atom is 0.239 e. The summed E-state index contributed by atoms with van der Waals surface area (Å²) in [6.45, 7) is 5.65. The number of fused-ring (bicyclic) bond motifs is 1. The van der Waals surface area contributed by atoms with Crippen molar-refractivity contribution in [2.45, 2.75) is 43.9 Å². The molecule has 0 aliphatic carbocycles. The molecule has 1 aromatic rings. The van der Waals surface area contributed by atoms with Gasteiger partial charge in [0, 0.05) is 69.7 Å². The molecule has 9 nitrogen and oxygen atoms in total. The molecular weight excluding hydrogens is 390 g/mol. The summed E-state index contributed by atoms with van der Waals surface area (Å²) in [6, 6.07) is 0.194. The van der Waals surface area contributed by atoms with E-state index in [2.05, 4.69) is 43.7 Å². The van der Waals surface area contributed by atoms with Gasteiger partial charge in [-0.2, -0.15) is 0 Å². The number of hydrogen-bond acceptors (Lipinski definition) is 8. The van der Waals surface area contributed by atoms with E-state index in [0.717, 1.165) is 51.3 Å². The fourth-order valence-corrected chi connectivity index (χ4v) is 5.23. The number of likely N-dealkylation sites (N-methyl/N-ethyl adjacent to an activating group) is 2. The highest BCUT2D eigenvalue weighted by Gasteiger charge is 2.45. The molecule has 0 saturated carbocycles. The van der Waals surface area contributed by atoms with Crippen LogP contribution in [0.4, 0.5) is 0 Å². The molecule has 0 spiro atoms. The Labute approximate surface area is 176 Å². The summed E-state index contributed by atoms with van der Waals surface area (Å²) in [7, 11) is 4.20. The Morgan fingerprint density at radius 1 is 1.24 bits per heavy atom. The van der Waals surface area contributed by atoms with Gasteiger partial charge in [0.15, 0.2) is 0 Å². The van der Waals surface area contributed by atoms with E-state index in [1.165, 1.54) is 11.5 Å². The van der Waals surface area contributed by atoms with E-state index >= 15 is 0 Å². The third-order valence-electron chi connectivity index (χ3n) is 6.67. The SMILES string of the molecule is CN1CCN(C(=O)CC[C@H]2CNC(=O)[C@@H]3[C@@H](CCN3Cc3csnn3)N2C)CC1. The molecule has 2 amide bonds. The molecule has 3 atom stereocenters. The van der Waals surface area contributed by atoms with Crippen LogP contribution in [0.1, 0.15) is 25.0 Å². The maximum atomic E-state index is 12.8. The monoisotopic (exact) mass is 421 g/mol. The first-order chi connectivity index (χ1) is 14.0.